The zero-order chi connectivity index (χ0) is 9.97. The second-order valence-electron chi connectivity index (χ2n) is 4.32. The Morgan fingerprint density at radius 2 is 1.75 bits per heavy atom. The van der Waals surface area contributed by atoms with Crippen LogP contribution in [0.1, 0.15) is 17.9 Å². The fourth-order valence-electron chi connectivity index (χ4n) is 2.33. The van der Waals surface area contributed by atoms with Gasteiger partial charge in [0.25, 0.3) is 0 Å². The Bertz CT molecular complexity index is 282. The molecule has 0 spiro atoms. The van der Waals surface area contributed by atoms with Crippen LogP contribution in [0.2, 0.25) is 0 Å². The average Bonchev–Trinajstić information content (AvgIpc) is 2.18. The summed E-state index contributed by atoms with van der Waals surface area (Å²) in [6, 6.07) is 11.0. The van der Waals surface area contributed by atoms with Crippen LogP contribution in [0.4, 0.5) is 0 Å². The van der Waals surface area contributed by atoms with E-state index >= 15 is 0 Å². The lowest BCUT2D eigenvalue weighted by Gasteiger charge is -2.34. The van der Waals surface area contributed by atoms with E-state index in [4.69, 9.17) is 5.73 Å². The van der Waals surface area contributed by atoms with E-state index in [1.165, 1.54) is 5.56 Å². The molecule has 16 heavy (non-hydrogen) atoms. The summed E-state index contributed by atoms with van der Waals surface area (Å²) in [5, 5.41) is 0. The van der Waals surface area contributed by atoms with Gasteiger partial charge in [0.05, 0.1) is 0 Å². The number of nitrogens with two attached hydrogens (primary N) is 1. The highest BCUT2D eigenvalue weighted by Gasteiger charge is 2.23. The third-order valence-electron chi connectivity index (χ3n) is 2.94. The Labute approximate surface area is 110 Å². The van der Waals surface area contributed by atoms with Gasteiger partial charge in [0.1, 0.15) is 0 Å². The van der Waals surface area contributed by atoms with Gasteiger partial charge in [0.15, 0.2) is 0 Å². The molecule has 0 aromatic heterocycles. The van der Waals surface area contributed by atoms with Gasteiger partial charge in [-0.1, -0.05) is 30.3 Å². The van der Waals surface area contributed by atoms with Gasteiger partial charge in [-0.15, -0.1) is 24.8 Å². The number of nitrogens with zero attached hydrogens (tertiary/aromatic N) is 1. The molecule has 2 rings (SSSR count). The summed E-state index contributed by atoms with van der Waals surface area (Å²) in [7, 11) is 2.15. The van der Waals surface area contributed by atoms with Crippen LogP contribution in [0.5, 0.6) is 0 Å². The molecule has 2 nitrogen and oxygen atoms in total. The van der Waals surface area contributed by atoms with Gasteiger partial charge < -0.3 is 10.6 Å². The highest BCUT2D eigenvalue weighted by atomic mass is 35.5. The number of hydrogen-bond acceptors (Lipinski definition) is 2. The molecule has 0 bridgehead atoms. The van der Waals surface area contributed by atoms with Gasteiger partial charge in [-0.3, -0.25) is 0 Å². The summed E-state index contributed by atoms with van der Waals surface area (Å²) >= 11 is 0. The number of piperidine rings is 1. The van der Waals surface area contributed by atoms with E-state index in [2.05, 4.69) is 42.3 Å². The van der Waals surface area contributed by atoms with Crippen LogP contribution in [0.25, 0.3) is 0 Å². The fraction of sp³-hybridized carbons (Fsp3) is 0.500. The Balaban J connectivity index is 0.00000112. The van der Waals surface area contributed by atoms with Crippen molar-refractivity contribution in [1.82, 2.24) is 4.90 Å². The predicted octanol–water partition coefficient (Wildman–Crippen LogP) is 2.28. The number of likely N-dealkylation sites (tertiary alicyclic amines) is 1. The normalized spacial score (nSPS) is 25.4. The molecule has 0 aliphatic carbocycles. The molecular weight excluding hydrogens is 243 g/mol. The molecule has 0 unspecified atom stereocenters. The van der Waals surface area contributed by atoms with Crippen LogP contribution in [0, 0.1) is 0 Å². The van der Waals surface area contributed by atoms with Crippen LogP contribution in [0.3, 0.4) is 0 Å². The van der Waals surface area contributed by atoms with E-state index in [0.717, 1.165) is 19.5 Å². The zero-order valence-electron chi connectivity index (χ0n) is 9.50. The van der Waals surface area contributed by atoms with Crippen LogP contribution >= 0.6 is 24.8 Å². The first-order valence-corrected chi connectivity index (χ1v) is 5.25. The van der Waals surface area contributed by atoms with Gasteiger partial charge in [-0.2, -0.15) is 0 Å². The maximum Gasteiger partial charge on any atom is 0.0174 e. The molecule has 0 amide bonds. The summed E-state index contributed by atoms with van der Waals surface area (Å²) in [6.07, 6.45) is 1.12. The number of hydrogen-bond donors (Lipinski definition) is 1. The summed E-state index contributed by atoms with van der Waals surface area (Å²) in [6.45, 7) is 2.17. The van der Waals surface area contributed by atoms with Crippen molar-refractivity contribution in [3.63, 3.8) is 0 Å². The Hall–Kier alpha value is -0.280. The Kier molecular flexibility index (Phi) is 7.00. The number of benzene rings is 1. The molecule has 1 aliphatic rings. The topological polar surface area (TPSA) is 29.3 Å². The number of likely N-dealkylation sites (N-methyl/N-ethyl adjacent to an activating group) is 1. The number of rotatable bonds is 1. The van der Waals surface area contributed by atoms with E-state index in [0.29, 0.717) is 12.0 Å². The van der Waals surface area contributed by atoms with E-state index in [1.54, 1.807) is 0 Å². The molecule has 1 aromatic carbocycles. The summed E-state index contributed by atoms with van der Waals surface area (Å²) in [4.78, 5) is 2.33. The molecule has 1 aromatic rings. The van der Waals surface area contributed by atoms with Crippen LogP contribution in [0.15, 0.2) is 30.3 Å². The fourth-order valence-corrected chi connectivity index (χ4v) is 2.33. The molecule has 0 saturated carbocycles. The SMILES string of the molecule is CN1C[C@H](N)C[C@H](c2ccccc2)C1.Cl.Cl. The van der Waals surface area contributed by atoms with Crippen LogP contribution < -0.4 is 5.73 Å². The molecule has 2 N–H and O–H groups in total. The highest BCUT2D eigenvalue weighted by molar-refractivity contribution is 5.85. The highest BCUT2D eigenvalue weighted by Crippen LogP contribution is 2.25. The zero-order valence-corrected chi connectivity index (χ0v) is 11.1. The minimum absolute atomic E-state index is 0. The molecular formula is C12H20Cl2N2. The van der Waals surface area contributed by atoms with E-state index in [-0.39, 0.29) is 24.8 Å². The van der Waals surface area contributed by atoms with Crippen molar-refractivity contribution in [3.05, 3.63) is 35.9 Å². The molecule has 2 atom stereocenters. The maximum absolute atomic E-state index is 6.01. The van der Waals surface area contributed by atoms with Crippen molar-refractivity contribution in [2.24, 2.45) is 5.73 Å². The molecule has 4 heteroatoms. The first-order chi connectivity index (χ1) is 6.75. The van der Waals surface area contributed by atoms with Crippen molar-refractivity contribution in [2.75, 3.05) is 20.1 Å². The van der Waals surface area contributed by atoms with Gasteiger partial charge in [0, 0.05) is 19.1 Å². The largest absolute Gasteiger partial charge is 0.327 e. The minimum Gasteiger partial charge on any atom is -0.327 e. The van der Waals surface area contributed by atoms with Crippen molar-refractivity contribution in [1.29, 1.82) is 0 Å². The second kappa shape index (κ2) is 7.13. The monoisotopic (exact) mass is 262 g/mol. The average molecular weight is 263 g/mol. The summed E-state index contributed by atoms with van der Waals surface area (Å²) in [5.41, 5.74) is 7.44. The first-order valence-electron chi connectivity index (χ1n) is 5.25. The van der Waals surface area contributed by atoms with Gasteiger partial charge in [-0.05, 0) is 24.9 Å². The predicted molar refractivity (Wildman–Crippen MR) is 73.8 cm³/mol. The van der Waals surface area contributed by atoms with E-state index in [9.17, 15) is 0 Å². The van der Waals surface area contributed by atoms with E-state index in [1.807, 2.05) is 0 Å². The summed E-state index contributed by atoms with van der Waals surface area (Å²) < 4.78 is 0. The molecule has 92 valence electrons. The van der Waals surface area contributed by atoms with Crippen LogP contribution in [-0.4, -0.2) is 31.1 Å². The quantitative estimate of drug-likeness (QED) is 0.842. The standard InChI is InChI=1S/C12H18N2.2ClH/c1-14-8-11(7-12(13)9-14)10-5-3-2-4-6-10;;/h2-6,11-12H,7-9,13H2,1H3;2*1H/t11-,12+;;/m0../s1. The van der Waals surface area contributed by atoms with Gasteiger partial charge >= 0.3 is 0 Å². The Morgan fingerprint density at radius 1 is 1.12 bits per heavy atom. The van der Waals surface area contributed by atoms with Crippen molar-refractivity contribution >= 4 is 24.8 Å². The molecule has 1 aliphatic heterocycles. The van der Waals surface area contributed by atoms with E-state index < -0.39 is 0 Å². The lowest BCUT2D eigenvalue weighted by Crippen LogP contribution is -2.44. The molecule has 1 heterocycles. The van der Waals surface area contributed by atoms with Crippen molar-refractivity contribution in [3.8, 4) is 0 Å². The third kappa shape index (κ3) is 3.95. The first kappa shape index (κ1) is 15.7. The Morgan fingerprint density at radius 3 is 2.31 bits per heavy atom. The second-order valence-corrected chi connectivity index (χ2v) is 4.32. The lowest BCUT2D eigenvalue weighted by atomic mass is 9.89. The van der Waals surface area contributed by atoms with Gasteiger partial charge in [-0.25, -0.2) is 0 Å². The molecule has 0 radical (unpaired) electrons. The van der Waals surface area contributed by atoms with Crippen molar-refractivity contribution < 1.29 is 0 Å². The minimum atomic E-state index is 0. The van der Waals surface area contributed by atoms with Crippen molar-refractivity contribution in [2.45, 2.75) is 18.4 Å². The smallest absolute Gasteiger partial charge is 0.0174 e. The molecule has 1 fully saturated rings. The molecule has 1 saturated heterocycles. The third-order valence-corrected chi connectivity index (χ3v) is 2.94. The van der Waals surface area contributed by atoms with Gasteiger partial charge in [0.2, 0.25) is 0 Å². The summed E-state index contributed by atoms with van der Waals surface area (Å²) in [5.74, 6) is 0.616. The maximum atomic E-state index is 6.01. The number of halogens is 2. The lowest BCUT2D eigenvalue weighted by molar-refractivity contribution is 0.227. The van der Waals surface area contributed by atoms with Crippen LogP contribution in [-0.2, 0) is 0 Å².